The van der Waals surface area contributed by atoms with Gasteiger partial charge in [-0.25, -0.2) is 0 Å². The van der Waals surface area contributed by atoms with Crippen molar-refractivity contribution in [2.45, 2.75) is 54.2 Å². The van der Waals surface area contributed by atoms with E-state index in [1.165, 1.54) is 6.07 Å². The lowest BCUT2D eigenvalue weighted by atomic mass is 9.88. The molecule has 1 aromatic carbocycles. The summed E-state index contributed by atoms with van der Waals surface area (Å²) >= 11 is 0. The highest BCUT2D eigenvalue weighted by Gasteiger charge is 2.93. The van der Waals surface area contributed by atoms with Gasteiger partial charge in [0.2, 0.25) is 0 Å². The summed E-state index contributed by atoms with van der Waals surface area (Å²) < 4.78 is 202. The molecule has 0 aliphatic heterocycles. The first kappa shape index (κ1) is 28.7. The van der Waals surface area contributed by atoms with E-state index >= 15 is 0 Å². The highest BCUT2D eigenvalue weighted by molar-refractivity contribution is 5.38. The minimum atomic E-state index is -8.36. The van der Waals surface area contributed by atoms with E-state index in [0.717, 1.165) is 24.3 Å². The molecule has 1 atom stereocenters. The molecule has 0 aliphatic rings. The van der Waals surface area contributed by atoms with Crippen molar-refractivity contribution in [1.82, 2.24) is 0 Å². The fraction of sp³-hybridized carbons (Fsp3) is 0.562. The number of rotatable bonds is 10. The predicted molar refractivity (Wildman–Crippen MR) is 76.7 cm³/mol. The Kier molecular flexibility index (Phi) is 7.34. The molecule has 0 aromatic heterocycles. The van der Waals surface area contributed by atoms with Crippen LogP contribution in [-0.4, -0.2) is 48.2 Å². The fourth-order valence-electron chi connectivity index (χ4n) is 2.34. The van der Waals surface area contributed by atoms with Gasteiger partial charge in [0.25, 0.3) is 6.47 Å². The van der Waals surface area contributed by atoms with Gasteiger partial charge in [0.05, 0.1) is 6.42 Å². The third-order valence-corrected chi connectivity index (χ3v) is 4.23. The molecule has 0 bridgehead atoms. The highest BCUT2D eigenvalue weighted by atomic mass is 19.4. The second kappa shape index (κ2) is 8.45. The van der Waals surface area contributed by atoms with E-state index in [4.69, 9.17) is 0 Å². The van der Waals surface area contributed by atoms with Crippen LogP contribution in [0.15, 0.2) is 30.3 Å². The van der Waals surface area contributed by atoms with Crippen LogP contribution in [0, 0.1) is 0 Å². The van der Waals surface area contributed by atoms with Crippen LogP contribution < -0.4 is 0 Å². The van der Waals surface area contributed by atoms with E-state index in [0.29, 0.717) is 0 Å². The van der Waals surface area contributed by atoms with Crippen LogP contribution in [-0.2, 0) is 9.53 Å². The molecule has 33 heavy (non-hydrogen) atoms. The summed E-state index contributed by atoms with van der Waals surface area (Å²) in [7, 11) is 0. The largest absolute Gasteiger partial charge is 0.460 e. The Hall–Kier alpha value is -2.36. The quantitative estimate of drug-likeness (QED) is 0.256. The van der Waals surface area contributed by atoms with Gasteiger partial charge in [-0.15, -0.1) is 0 Å². The van der Waals surface area contributed by atoms with Crippen molar-refractivity contribution in [1.29, 1.82) is 0 Å². The third kappa shape index (κ3) is 4.41. The fourth-order valence-corrected chi connectivity index (χ4v) is 2.34. The van der Waals surface area contributed by atoms with Crippen molar-refractivity contribution in [3.05, 3.63) is 35.9 Å². The number of hydrogen-bond acceptors (Lipinski definition) is 2. The van der Waals surface area contributed by atoms with Crippen LogP contribution in [0.3, 0.4) is 0 Å². The Morgan fingerprint density at radius 2 is 1.03 bits per heavy atom. The molecule has 0 saturated heterocycles. The van der Waals surface area contributed by atoms with E-state index < -0.39 is 66.3 Å². The van der Waals surface area contributed by atoms with Gasteiger partial charge in [0.1, 0.15) is 6.10 Å². The Balaban J connectivity index is 3.51. The normalized spacial score (nSPS) is 15.8. The minimum absolute atomic E-state index is 0.607. The Labute approximate surface area is 173 Å². The van der Waals surface area contributed by atoms with Crippen molar-refractivity contribution in [2.75, 3.05) is 0 Å². The molecular weight excluding hydrogens is 509 g/mol. The summed E-state index contributed by atoms with van der Waals surface area (Å²) in [6.45, 7) is -0.656. The number of halogens is 15. The molecular formula is C16H9F15O2. The zero-order chi connectivity index (χ0) is 26.3. The van der Waals surface area contributed by atoms with Gasteiger partial charge in [-0.2, -0.15) is 65.9 Å². The van der Waals surface area contributed by atoms with E-state index in [1.807, 2.05) is 0 Å². The van der Waals surface area contributed by atoms with E-state index in [9.17, 15) is 70.7 Å². The van der Waals surface area contributed by atoms with Crippen molar-refractivity contribution in [3.63, 3.8) is 0 Å². The minimum Gasteiger partial charge on any atom is -0.459 e. The molecule has 0 aliphatic carbocycles. The summed E-state index contributed by atoms with van der Waals surface area (Å²) in [6, 6.07) is 4.84. The Morgan fingerprint density at radius 1 is 0.636 bits per heavy atom. The molecule has 17 heteroatoms. The lowest BCUT2D eigenvalue weighted by molar-refractivity contribution is -0.453. The van der Waals surface area contributed by atoms with Crippen LogP contribution in [0.2, 0.25) is 0 Å². The maximum Gasteiger partial charge on any atom is 0.460 e. The van der Waals surface area contributed by atoms with Crippen LogP contribution in [0.25, 0.3) is 0 Å². The zero-order valence-electron chi connectivity index (χ0n) is 15.2. The van der Waals surface area contributed by atoms with Gasteiger partial charge in [-0.1, -0.05) is 30.3 Å². The smallest absolute Gasteiger partial charge is 0.459 e. The molecule has 2 nitrogen and oxygen atoms in total. The summed E-state index contributed by atoms with van der Waals surface area (Å²) in [5, 5.41) is 0. The van der Waals surface area contributed by atoms with Crippen LogP contribution in [0.5, 0.6) is 0 Å². The summed E-state index contributed by atoms with van der Waals surface area (Å²) in [5.74, 6) is -47.1. The van der Waals surface area contributed by atoms with Gasteiger partial charge in [0, 0.05) is 0 Å². The van der Waals surface area contributed by atoms with Gasteiger partial charge in [-0.05, 0) is 5.56 Å². The number of ether oxygens (including phenoxy) is 1. The first-order chi connectivity index (χ1) is 14.5. The number of alkyl halides is 15. The van der Waals surface area contributed by atoms with Crippen LogP contribution in [0.4, 0.5) is 65.9 Å². The maximum atomic E-state index is 14.0. The van der Waals surface area contributed by atoms with Gasteiger partial charge in [-0.3, -0.25) is 4.79 Å². The number of carbonyl (C=O) groups is 1. The van der Waals surface area contributed by atoms with Crippen molar-refractivity contribution in [2.24, 2.45) is 0 Å². The lowest BCUT2D eigenvalue weighted by Crippen LogP contribution is -2.72. The van der Waals surface area contributed by atoms with E-state index in [2.05, 4.69) is 4.74 Å². The first-order valence-electron chi connectivity index (χ1n) is 8.00. The van der Waals surface area contributed by atoms with Crippen molar-refractivity contribution < 1.29 is 75.4 Å². The Morgan fingerprint density at radius 3 is 1.42 bits per heavy atom. The highest BCUT2D eigenvalue weighted by Crippen LogP contribution is 2.63. The van der Waals surface area contributed by atoms with Crippen LogP contribution >= 0.6 is 0 Å². The van der Waals surface area contributed by atoms with Gasteiger partial charge >= 0.3 is 41.7 Å². The molecule has 0 N–H and O–H groups in total. The van der Waals surface area contributed by atoms with Crippen molar-refractivity contribution >= 4 is 6.47 Å². The number of carbonyl (C=O) groups excluding carboxylic acids is 1. The maximum absolute atomic E-state index is 14.0. The van der Waals surface area contributed by atoms with Crippen molar-refractivity contribution in [3.8, 4) is 0 Å². The molecule has 0 fully saturated rings. The SMILES string of the molecule is O=COC(CC(F)(F)C(F)(F)C(F)(F)C(F)(F)C(F)(F)C(F)(F)C(F)(F)F)c1ccccc1. The molecule has 1 aromatic rings. The summed E-state index contributed by atoms with van der Waals surface area (Å²) in [5.41, 5.74) is -0.607. The second-order valence-corrected chi connectivity index (χ2v) is 6.41. The Bertz CT molecular complexity index is 817. The monoisotopic (exact) mass is 518 g/mol. The molecule has 0 saturated carbocycles. The van der Waals surface area contributed by atoms with E-state index in [-0.39, 0.29) is 0 Å². The third-order valence-electron chi connectivity index (χ3n) is 4.23. The van der Waals surface area contributed by atoms with E-state index in [1.54, 1.807) is 0 Å². The number of hydrogen-bond donors (Lipinski definition) is 0. The molecule has 0 amide bonds. The molecule has 0 spiro atoms. The molecule has 190 valence electrons. The zero-order valence-corrected chi connectivity index (χ0v) is 15.2. The summed E-state index contributed by atoms with van der Waals surface area (Å²) in [6.07, 6.45) is -13.0. The second-order valence-electron chi connectivity index (χ2n) is 6.41. The topological polar surface area (TPSA) is 26.3 Å². The molecule has 0 radical (unpaired) electrons. The molecule has 1 unspecified atom stereocenters. The standard InChI is InChI=1S/C16H9F15O2/c17-10(18,6-9(33-7-32)8-4-2-1-3-5-8)11(19,20)12(21,22)13(23,24)14(25,26)15(27,28)16(29,30)31/h1-5,7,9H,6H2. The summed E-state index contributed by atoms with van der Waals surface area (Å²) in [4.78, 5) is 10.4. The van der Waals surface area contributed by atoms with Gasteiger partial charge in [0.15, 0.2) is 0 Å². The predicted octanol–water partition coefficient (Wildman–Crippen LogP) is 6.66. The molecule has 1 rings (SSSR count). The average Bonchev–Trinajstić information content (AvgIpc) is 2.66. The van der Waals surface area contributed by atoms with Crippen LogP contribution in [0.1, 0.15) is 18.1 Å². The van der Waals surface area contributed by atoms with Gasteiger partial charge < -0.3 is 4.74 Å². The average molecular weight is 518 g/mol. The number of benzene rings is 1. The molecule has 0 heterocycles. The lowest BCUT2D eigenvalue weighted by Gasteiger charge is -2.41. The first-order valence-corrected chi connectivity index (χ1v) is 8.00.